The van der Waals surface area contributed by atoms with E-state index in [0.29, 0.717) is 37.9 Å². The first-order valence-electron chi connectivity index (χ1n) is 25.4. The van der Waals surface area contributed by atoms with Crippen LogP contribution in [0.4, 0.5) is 5.82 Å². The first-order chi connectivity index (χ1) is 35.4. The highest BCUT2D eigenvalue weighted by atomic mass is 32.2. The molecule has 1 saturated heterocycles. The summed E-state index contributed by atoms with van der Waals surface area (Å²) in [7, 11) is -17.7. The number of anilines is 1. The number of aliphatic hydroxyl groups is 5. The van der Waals surface area contributed by atoms with Gasteiger partial charge in [0.05, 0.1) is 45.7 Å². The second kappa shape index (κ2) is 23.9. The summed E-state index contributed by atoms with van der Waals surface area (Å²) >= 11 is 1.09. The number of thioether (sulfide) groups is 1. The molecule has 1 aliphatic heterocycles. The molecule has 0 aromatic carbocycles. The summed E-state index contributed by atoms with van der Waals surface area (Å²) in [6, 6.07) is 0. The smallest absolute Gasteiger partial charge is 0.274 e. The van der Waals surface area contributed by atoms with Gasteiger partial charge in [-0.1, -0.05) is 46.4 Å². The molecule has 2 aromatic rings. The summed E-state index contributed by atoms with van der Waals surface area (Å²) in [5.41, 5.74) is 3.66. The summed E-state index contributed by atoms with van der Waals surface area (Å²) in [5.74, 6) is -0.244. The van der Waals surface area contributed by atoms with E-state index in [2.05, 4.69) is 64.2 Å². The van der Waals surface area contributed by atoms with Gasteiger partial charge in [-0.15, -0.1) is 0 Å². The van der Waals surface area contributed by atoms with Gasteiger partial charge in [-0.2, -0.15) is 0 Å². The maximum atomic E-state index is 13.0. The second-order valence-corrected chi connectivity index (χ2v) is 27.5. The predicted octanol–water partition coefficient (Wildman–Crippen LogP) is -0.486. The molecule has 2 aromatic heterocycles. The van der Waals surface area contributed by atoms with Crippen LogP contribution in [-0.4, -0.2) is 137 Å². The number of aliphatic hydroxyl groups excluding tert-OH is 5. The summed E-state index contributed by atoms with van der Waals surface area (Å²) in [4.78, 5) is 98.3. The van der Waals surface area contributed by atoms with E-state index in [0.717, 1.165) is 54.7 Å². The Kier molecular flexibility index (Phi) is 19.2. The molecule has 430 valence electrons. The highest BCUT2D eigenvalue weighted by Crippen LogP contribution is 2.68. The summed E-state index contributed by atoms with van der Waals surface area (Å²) in [6.45, 7) is 6.63. The van der Waals surface area contributed by atoms with Gasteiger partial charge >= 0.3 is 0 Å². The minimum atomic E-state index is -5.95. The van der Waals surface area contributed by atoms with Crippen molar-refractivity contribution in [2.45, 2.75) is 148 Å². The zero-order valence-electron chi connectivity index (χ0n) is 42.8. The summed E-state index contributed by atoms with van der Waals surface area (Å²) in [6.07, 6.45) is -2.58. The molecule has 31 heteroatoms. The van der Waals surface area contributed by atoms with Gasteiger partial charge in [-0.3, -0.25) is 28.1 Å². The third-order valence-corrected chi connectivity index (χ3v) is 21.0. The molecule has 9 N–H and O–H groups in total. The number of imidazole rings is 1. The molecule has 0 bridgehead atoms. The number of aromatic nitrogens is 4. The molecule has 18 atom stereocenters. The topological polar surface area (TPSA) is 436 Å². The van der Waals surface area contributed by atoms with Crippen LogP contribution in [0.2, 0.25) is 0 Å². The molecule has 5 fully saturated rings. The third-order valence-electron chi connectivity index (χ3n) is 17.1. The van der Waals surface area contributed by atoms with Crippen LogP contribution in [0.3, 0.4) is 0 Å². The van der Waals surface area contributed by atoms with Crippen molar-refractivity contribution in [2.75, 3.05) is 37.8 Å². The number of rotatable bonds is 23. The maximum absolute atomic E-state index is 13.0. The van der Waals surface area contributed by atoms with Crippen molar-refractivity contribution in [3.63, 3.8) is 0 Å². The quantitative estimate of drug-likeness (QED) is 0.0514. The van der Waals surface area contributed by atoms with Crippen molar-refractivity contribution >= 4 is 69.1 Å². The van der Waals surface area contributed by atoms with Crippen LogP contribution in [0.25, 0.3) is 11.2 Å². The zero-order chi connectivity index (χ0) is 55.9. The van der Waals surface area contributed by atoms with E-state index in [1.165, 1.54) is 13.8 Å². The molecule has 27 nitrogen and oxygen atoms in total. The average molecular weight is 1150 g/mol. The fourth-order valence-corrected chi connectivity index (χ4v) is 16.5. The fourth-order valence-electron chi connectivity index (χ4n) is 13.0. The zero-order valence-corrected chi connectivity index (χ0v) is 46.3. The molecule has 0 radical (unpaired) electrons. The standard InChI is InChI=1S/C45H74N7O20P3S/c1-23(26-7-8-27-34-28(18-31(55)45(26,27)5)44(4)12-10-25(53)16-24(44)17-29(34)54)6-9-33(57)76-15-14-47-32(56)11-13-48-41(60)38(59)43(2,3)20-69-75(66,67)72-74(64,65)68-19-30-37(71-73(61,62)63)36(58)42(70-30)52-22-51-35-39(46)49-21-50-40(35)52/h21-31,34,36-38,42,53-55,58-59H,6-20H2,1-5H3,(H,47,56)(H,48,60)(H,64,65)(H,66,67)(H2,46,49,50)(H2,61,62,63)/p-4/t23-,24+,25-,26-,27+,28+,29-,30-,31+,34+,36-,37-,38+,42-,44+,45-/m1/s1. The molecular formula is C45H70N7O20P3S-4. The van der Waals surface area contributed by atoms with Crippen molar-refractivity contribution in [2.24, 2.45) is 51.8 Å². The Bertz CT molecular complexity index is 2560. The molecule has 5 aliphatic rings. The van der Waals surface area contributed by atoms with Crippen LogP contribution in [0.15, 0.2) is 12.7 Å². The number of nitrogens with two attached hydrogens (primary N) is 1. The Balaban J connectivity index is 0.784. The largest absolute Gasteiger partial charge is 0.790 e. The molecule has 7 rings (SSSR count). The lowest BCUT2D eigenvalue weighted by Gasteiger charge is -2.63. The molecule has 2 amide bonds. The van der Waals surface area contributed by atoms with Crippen LogP contribution in [-0.2, 0) is 50.7 Å². The monoisotopic (exact) mass is 1150 g/mol. The Hall–Kier alpha value is -2.56. The van der Waals surface area contributed by atoms with Crippen LogP contribution in [0.5, 0.6) is 0 Å². The van der Waals surface area contributed by atoms with E-state index in [9.17, 15) is 73.2 Å². The first-order valence-corrected chi connectivity index (χ1v) is 30.8. The summed E-state index contributed by atoms with van der Waals surface area (Å²) < 4.78 is 61.1. The number of carbonyl (C=O) groups is 3. The van der Waals surface area contributed by atoms with Crippen molar-refractivity contribution < 1.29 is 95.8 Å². The Labute approximate surface area is 443 Å². The number of nitrogens with zero attached hydrogens (tertiary/aromatic N) is 4. The lowest BCUT2D eigenvalue weighted by atomic mass is 9.43. The predicted molar refractivity (Wildman–Crippen MR) is 261 cm³/mol. The number of phosphoric acid groups is 3. The van der Waals surface area contributed by atoms with Gasteiger partial charge in [0.2, 0.25) is 11.8 Å². The van der Waals surface area contributed by atoms with Crippen LogP contribution >= 0.6 is 35.2 Å². The minimum absolute atomic E-state index is 0.0185. The molecule has 2 unspecified atom stereocenters. The number of ether oxygens (including phenoxy) is 1. The number of hydrogen-bond acceptors (Lipinski definition) is 25. The van der Waals surface area contributed by atoms with E-state index in [1.54, 1.807) is 0 Å². The molecule has 0 spiro atoms. The molecule has 4 aliphatic carbocycles. The number of nitrogen functional groups attached to an aromatic ring is 1. The van der Waals surface area contributed by atoms with Gasteiger partial charge in [0, 0.05) is 37.1 Å². The highest BCUT2D eigenvalue weighted by Gasteiger charge is 2.65. The number of fused-ring (bicyclic) bond motifs is 6. The Morgan fingerprint density at radius 2 is 1.67 bits per heavy atom. The van der Waals surface area contributed by atoms with Crippen LogP contribution < -0.4 is 35.9 Å². The van der Waals surface area contributed by atoms with Crippen LogP contribution in [0, 0.1) is 51.8 Å². The molecule has 76 heavy (non-hydrogen) atoms. The van der Waals surface area contributed by atoms with E-state index in [-0.39, 0.29) is 94.0 Å². The second-order valence-electron chi connectivity index (χ2n) is 22.2. The lowest BCUT2D eigenvalue weighted by Crippen LogP contribution is -2.62. The number of phosphoric ester groups is 3. The van der Waals surface area contributed by atoms with Gasteiger partial charge in [0.15, 0.2) is 22.8 Å². The van der Waals surface area contributed by atoms with E-state index in [1.807, 2.05) is 0 Å². The SMILES string of the molecule is C[C@H](CCC(=O)SCCNC(=O)CCNC(=O)[C@H](O)C(C)(C)COP(=O)([O-])OP(=O)([O-])OC[C@H]1O[C@@H](n2cnc3c(N)ncnc32)[C@H](O)[C@@H]1OP(=O)([O-])[O-])[C@H]1CC[C@H]2[C@@H]3[C@H](O)C[C@@H]4C[C@H](O)CC[C@]4(C)[C@H]3C[C@H](O)[C@]12C. The third kappa shape index (κ3) is 13.6. The van der Waals surface area contributed by atoms with Gasteiger partial charge in [0.25, 0.3) is 15.6 Å². The van der Waals surface area contributed by atoms with Gasteiger partial charge in [-0.05, 0) is 97.7 Å². The van der Waals surface area contributed by atoms with E-state index < -0.39 is 96.8 Å². The number of carbonyl (C=O) groups excluding carboxylic acids is 3. The number of amides is 2. The van der Waals surface area contributed by atoms with Crippen molar-refractivity contribution in [3.05, 3.63) is 12.7 Å². The molecule has 4 saturated carbocycles. The van der Waals surface area contributed by atoms with Crippen molar-refractivity contribution in [3.8, 4) is 0 Å². The first kappa shape index (κ1) is 61.1. The van der Waals surface area contributed by atoms with Crippen molar-refractivity contribution in [1.29, 1.82) is 0 Å². The Morgan fingerprint density at radius 3 is 2.38 bits per heavy atom. The van der Waals surface area contributed by atoms with Crippen molar-refractivity contribution in [1.82, 2.24) is 30.2 Å². The molecule has 3 heterocycles. The number of hydrogen-bond donors (Lipinski definition) is 8. The minimum Gasteiger partial charge on any atom is -0.790 e. The lowest BCUT2D eigenvalue weighted by molar-refractivity contribution is -0.347. The van der Waals surface area contributed by atoms with E-state index in [4.69, 9.17) is 10.5 Å². The maximum Gasteiger partial charge on any atom is 0.274 e. The van der Waals surface area contributed by atoms with Gasteiger partial charge in [0.1, 0.15) is 36.3 Å². The van der Waals surface area contributed by atoms with Gasteiger partial charge < -0.3 is 84.3 Å². The van der Waals surface area contributed by atoms with Crippen LogP contribution in [0.1, 0.15) is 105 Å². The number of nitrogens with one attached hydrogen (secondary N) is 2. The summed E-state index contributed by atoms with van der Waals surface area (Å²) in [5, 5.41) is 60.4. The molecular weight excluding hydrogens is 1080 g/mol. The fraction of sp³-hybridized carbons (Fsp3) is 0.822. The highest BCUT2D eigenvalue weighted by molar-refractivity contribution is 8.13. The van der Waals surface area contributed by atoms with E-state index >= 15 is 0 Å². The Morgan fingerprint density at radius 1 is 0.961 bits per heavy atom. The average Bonchev–Trinajstić information content (AvgIpc) is 4.03. The van der Waals surface area contributed by atoms with Gasteiger partial charge in [-0.25, -0.2) is 19.3 Å². The normalized spacial score (nSPS) is 35.0.